The molecule has 0 fully saturated rings. The molecule has 1 atom stereocenters. The van der Waals surface area contributed by atoms with Crippen LogP contribution in [0, 0.1) is 0 Å². The monoisotopic (exact) mass is 400 g/mol. The topological polar surface area (TPSA) is 38.7 Å². The van der Waals surface area contributed by atoms with Crippen molar-refractivity contribution in [3.8, 4) is 11.5 Å². The minimum atomic E-state index is -0.789. The second-order valence-corrected chi connectivity index (χ2v) is 5.78. The van der Waals surface area contributed by atoms with Crippen molar-refractivity contribution in [1.82, 2.24) is 0 Å². The lowest BCUT2D eigenvalue weighted by molar-refractivity contribution is 0.213. The van der Waals surface area contributed by atoms with Crippen molar-refractivity contribution in [2.45, 2.75) is 6.10 Å². The van der Waals surface area contributed by atoms with E-state index in [4.69, 9.17) is 9.47 Å². The average Bonchev–Trinajstić information content (AvgIpc) is 2.46. The van der Waals surface area contributed by atoms with Gasteiger partial charge in [-0.1, -0.05) is 34.1 Å². The highest BCUT2D eigenvalue weighted by atomic mass is 79.9. The molecule has 3 nitrogen and oxygen atoms in total. The molecule has 0 saturated heterocycles. The maximum absolute atomic E-state index is 10.6. The van der Waals surface area contributed by atoms with E-state index in [0.29, 0.717) is 21.5 Å². The van der Waals surface area contributed by atoms with Gasteiger partial charge in [0.25, 0.3) is 0 Å². The van der Waals surface area contributed by atoms with Crippen LogP contribution >= 0.6 is 31.9 Å². The van der Waals surface area contributed by atoms with E-state index in [9.17, 15) is 5.11 Å². The molecule has 0 aliphatic carbocycles. The zero-order valence-electron chi connectivity index (χ0n) is 11.1. The fraction of sp³-hybridized carbons (Fsp3) is 0.200. The molecule has 2 aromatic rings. The number of ether oxygens (including phenoxy) is 2. The predicted molar refractivity (Wildman–Crippen MR) is 85.4 cm³/mol. The molecule has 106 valence electrons. The molecule has 1 N–H and O–H groups in total. The number of halogens is 2. The maximum Gasteiger partial charge on any atom is 0.142 e. The highest BCUT2D eigenvalue weighted by Crippen LogP contribution is 2.42. The summed E-state index contributed by atoms with van der Waals surface area (Å²) in [6.45, 7) is 0. The second-order valence-electron chi connectivity index (χ2n) is 4.13. The number of aliphatic hydroxyl groups is 1. The van der Waals surface area contributed by atoms with Crippen LogP contribution in [0.4, 0.5) is 0 Å². The summed E-state index contributed by atoms with van der Waals surface area (Å²) in [5.41, 5.74) is 1.45. The molecule has 0 aliphatic heterocycles. The average molecular weight is 402 g/mol. The van der Waals surface area contributed by atoms with Crippen LogP contribution in [0.1, 0.15) is 17.2 Å². The molecule has 0 bridgehead atoms. The Morgan fingerprint density at radius 2 is 1.65 bits per heavy atom. The van der Waals surface area contributed by atoms with Gasteiger partial charge in [-0.15, -0.1) is 0 Å². The molecule has 0 spiro atoms. The van der Waals surface area contributed by atoms with Gasteiger partial charge in [-0.05, 0) is 39.7 Å². The van der Waals surface area contributed by atoms with Gasteiger partial charge in [0.2, 0.25) is 0 Å². The van der Waals surface area contributed by atoms with E-state index < -0.39 is 6.10 Å². The molecule has 20 heavy (non-hydrogen) atoms. The van der Waals surface area contributed by atoms with Gasteiger partial charge in [-0.2, -0.15) is 0 Å². The summed E-state index contributed by atoms with van der Waals surface area (Å²) in [5, 5.41) is 10.6. The zero-order chi connectivity index (χ0) is 14.7. The summed E-state index contributed by atoms with van der Waals surface area (Å²) < 4.78 is 12.2. The third-order valence-electron chi connectivity index (χ3n) is 3.01. The fourth-order valence-corrected chi connectivity index (χ4v) is 3.18. The number of aliphatic hydroxyl groups excluding tert-OH is 1. The van der Waals surface area contributed by atoms with Crippen molar-refractivity contribution in [3.63, 3.8) is 0 Å². The molecule has 5 heteroatoms. The van der Waals surface area contributed by atoms with Crippen molar-refractivity contribution in [2.24, 2.45) is 0 Å². The first-order valence-corrected chi connectivity index (χ1v) is 7.51. The molecule has 0 aliphatic rings. The van der Waals surface area contributed by atoms with E-state index in [1.807, 2.05) is 24.3 Å². The summed E-state index contributed by atoms with van der Waals surface area (Å²) >= 11 is 6.89. The quantitative estimate of drug-likeness (QED) is 0.829. The minimum absolute atomic E-state index is 0.563. The van der Waals surface area contributed by atoms with Gasteiger partial charge in [0.1, 0.15) is 22.1 Å². The Kier molecular flexibility index (Phi) is 5.07. The molecule has 2 rings (SSSR count). The maximum atomic E-state index is 10.6. The summed E-state index contributed by atoms with van der Waals surface area (Å²) in [7, 11) is 3.15. The zero-order valence-corrected chi connectivity index (χ0v) is 14.2. The predicted octanol–water partition coefficient (Wildman–Crippen LogP) is 4.31. The molecule has 2 aromatic carbocycles. The first-order chi connectivity index (χ1) is 9.60. The molecule has 0 aromatic heterocycles. The Morgan fingerprint density at radius 3 is 2.25 bits per heavy atom. The highest BCUT2D eigenvalue weighted by molar-refractivity contribution is 9.11. The highest BCUT2D eigenvalue weighted by Gasteiger charge is 2.21. The van der Waals surface area contributed by atoms with Gasteiger partial charge in [0.05, 0.1) is 14.2 Å². The minimum Gasteiger partial charge on any atom is -0.495 e. The molecule has 1 unspecified atom stereocenters. The normalized spacial score (nSPS) is 12.1. The van der Waals surface area contributed by atoms with Crippen LogP contribution < -0.4 is 9.47 Å². The van der Waals surface area contributed by atoms with Crippen LogP contribution in [0.25, 0.3) is 0 Å². The van der Waals surface area contributed by atoms with Gasteiger partial charge in [0, 0.05) is 10.0 Å². The third-order valence-corrected chi connectivity index (χ3v) is 4.48. The number of hydrogen-bond donors (Lipinski definition) is 1. The molecule has 0 radical (unpaired) electrons. The lowest BCUT2D eigenvalue weighted by Gasteiger charge is -2.18. The van der Waals surface area contributed by atoms with Crippen molar-refractivity contribution in [2.75, 3.05) is 14.2 Å². The Labute approximate surface area is 134 Å². The second kappa shape index (κ2) is 6.61. The standard InChI is InChI=1S/C15H14Br2O3/c1-19-12-8-7-10(15(20-2)13(12)17)14(18)9-5-3-4-6-11(9)16/h3-8,14,18H,1-2H3. The lowest BCUT2D eigenvalue weighted by atomic mass is 10.0. The smallest absolute Gasteiger partial charge is 0.142 e. The van der Waals surface area contributed by atoms with Crippen molar-refractivity contribution in [3.05, 3.63) is 56.5 Å². The van der Waals surface area contributed by atoms with Crippen LogP contribution in [-0.2, 0) is 0 Å². The first-order valence-electron chi connectivity index (χ1n) is 5.93. The van der Waals surface area contributed by atoms with E-state index in [1.165, 1.54) is 0 Å². The summed E-state index contributed by atoms with van der Waals surface area (Å²) in [6, 6.07) is 11.1. The number of rotatable bonds is 4. The van der Waals surface area contributed by atoms with Gasteiger partial charge in [0.15, 0.2) is 0 Å². The Bertz CT molecular complexity index is 614. The SMILES string of the molecule is COc1ccc(C(O)c2ccccc2Br)c(OC)c1Br. The fourth-order valence-electron chi connectivity index (χ4n) is 2.00. The Hall–Kier alpha value is -1.04. The number of benzene rings is 2. The summed E-state index contributed by atoms with van der Waals surface area (Å²) in [5.74, 6) is 1.22. The largest absolute Gasteiger partial charge is 0.495 e. The summed E-state index contributed by atoms with van der Waals surface area (Å²) in [4.78, 5) is 0. The van der Waals surface area contributed by atoms with E-state index in [0.717, 1.165) is 10.0 Å². The number of hydrogen-bond acceptors (Lipinski definition) is 3. The van der Waals surface area contributed by atoms with E-state index in [1.54, 1.807) is 26.4 Å². The van der Waals surface area contributed by atoms with E-state index >= 15 is 0 Å². The third kappa shape index (κ3) is 2.85. The van der Waals surface area contributed by atoms with Gasteiger partial charge < -0.3 is 14.6 Å². The molecular weight excluding hydrogens is 388 g/mol. The van der Waals surface area contributed by atoms with Crippen LogP contribution in [0.3, 0.4) is 0 Å². The lowest BCUT2D eigenvalue weighted by Crippen LogP contribution is -2.04. The van der Waals surface area contributed by atoms with Crippen molar-refractivity contribution >= 4 is 31.9 Å². The van der Waals surface area contributed by atoms with Crippen LogP contribution in [-0.4, -0.2) is 19.3 Å². The molecular formula is C15H14Br2O3. The first kappa shape index (κ1) is 15.4. The van der Waals surface area contributed by atoms with Crippen molar-refractivity contribution < 1.29 is 14.6 Å². The van der Waals surface area contributed by atoms with Gasteiger partial charge in [-0.25, -0.2) is 0 Å². The van der Waals surface area contributed by atoms with Gasteiger partial charge >= 0.3 is 0 Å². The number of methoxy groups -OCH3 is 2. The van der Waals surface area contributed by atoms with Crippen molar-refractivity contribution in [1.29, 1.82) is 0 Å². The van der Waals surface area contributed by atoms with E-state index in [2.05, 4.69) is 31.9 Å². The van der Waals surface area contributed by atoms with Crippen LogP contribution in [0.5, 0.6) is 11.5 Å². The summed E-state index contributed by atoms with van der Waals surface area (Å²) in [6.07, 6.45) is -0.789. The molecule has 0 saturated carbocycles. The van der Waals surface area contributed by atoms with Gasteiger partial charge in [-0.3, -0.25) is 0 Å². The van der Waals surface area contributed by atoms with Crippen LogP contribution in [0.15, 0.2) is 45.3 Å². The van der Waals surface area contributed by atoms with E-state index in [-0.39, 0.29) is 0 Å². The molecule has 0 amide bonds. The Balaban J connectivity index is 2.53. The molecule has 0 heterocycles. The Morgan fingerprint density at radius 1 is 0.950 bits per heavy atom. The van der Waals surface area contributed by atoms with Crippen LogP contribution in [0.2, 0.25) is 0 Å².